The molecule has 1 aromatic rings. The van der Waals surface area contributed by atoms with Crippen LogP contribution in [0.5, 0.6) is 0 Å². The summed E-state index contributed by atoms with van der Waals surface area (Å²) in [5.41, 5.74) is 2.97. The van der Waals surface area contributed by atoms with Crippen molar-refractivity contribution in [1.29, 1.82) is 0 Å². The first-order chi connectivity index (χ1) is 6.95. The molecule has 1 aliphatic carbocycles. The lowest BCUT2D eigenvalue weighted by molar-refractivity contribution is 0.531. The molecule has 1 aliphatic heterocycles. The first kappa shape index (κ1) is 8.58. The van der Waals surface area contributed by atoms with Crippen molar-refractivity contribution in [2.75, 3.05) is 0 Å². The lowest BCUT2D eigenvalue weighted by Gasteiger charge is -2.18. The van der Waals surface area contributed by atoms with Gasteiger partial charge in [0.25, 0.3) is 0 Å². The predicted octanol–water partition coefficient (Wildman–Crippen LogP) is 2.58. The highest BCUT2D eigenvalue weighted by Crippen LogP contribution is 2.34. The second kappa shape index (κ2) is 3.45. The summed E-state index contributed by atoms with van der Waals surface area (Å²) in [6, 6.07) is 2.26. The van der Waals surface area contributed by atoms with Crippen molar-refractivity contribution < 1.29 is 0 Å². The van der Waals surface area contributed by atoms with E-state index >= 15 is 0 Å². The molecule has 0 saturated heterocycles. The molecule has 3 rings (SSSR count). The zero-order chi connectivity index (χ0) is 9.38. The van der Waals surface area contributed by atoms with Crippen molar-refractivity contribution in [2.45, 2.75) is 25.8 Å². The van der Waals surface area contributed by atoms with Gasteiger partial charge in [-0.1, -0.05) is 0 Å². The van der Waals surface area contributed by atoms with Crippen molar-refractivity contribution in [2.24, 2.45) is 0 Å². The van der Waals surface area contributed by atoms with Gasteiger partial charge in [-0.2, -0.15) is 0 Å². The van der Waals surface area contributed by atoms with Crippen LogP contribution in [0.1, 0.15) is 24.1 Å². The smallest absolute Gasteiger partial charge is 0.0222 e. The highest BCUT2D eigenvalue weighted by Gasteiger charge is 2.24. The molecule has 1 fully saturated rings. The van der Waals surface area contributed by atoms with E-state index in [4.69, 9.17) is 0 Å². The molecular weight excluding hydrogens is 170 g/mol. The Morgan fingerprint density at radius 3 is 2.79 bits per heavy atom. The minimum absolute atomic E-state index is 1.20. The van der Waals surface area contributed by atoms with Gasteiger partial charge in [-0.25, -0.2) is 0 Å². The fourth-order valence-corrected chi connectivity index (χ4v) is 2.38. The van der Waals surface area contributed by atoms with E-state index in [1.165, 1.54) is 43.0 Å². The molecule has 2 aliphatic rings. The van der Waals surface area contributed by atoms with Gasteiger partial charge in [-0.05, 0) is 56.6 Å². The van der Waals surface area contributed by atoms with Crippen LogP contribution in [0, 0.1) is 31.6 Å². The maximum atomic E-state index is 2.41. The van der Waals surface area contributed by atoms with Crippen LogP contribution in [0.3, 0.4) is 0 Å². The summed E-state index contributed by atoms with van der Waals surface area (Å²) in [5.74, 6) is 1.38. The van der Waals surface area contributed by atoms with Gasteiger partial charge in [0.2, 0.25) is 0 Å². The minimum Gasteiger partial charge on any atom is -0.351 e. The number of hydrogen-bond acceptors (Lipinski definition) is 0. The van der Waals surface area contributed by atoms with Crippen LogP contribution in [-0.4, -0.2) is 4.57 Å². The summed E-state index contributed by atoms with van der Waals surface area (Å²) in [7, 11) is 0. The molecule has 2 heterocycles. The molecule has 0 unspecified atom stereocenters. The number of aryl methyl sites for hydroxylation is 1. The van der Waals surface area contributed by atoms with Crippen LogP contribution in [0.15, 0.2) is 12.3 Å². The van der Waals surface area contributed by atoms with Crippen LogP contribution < -0.4 is 0 Å². The van der Waals surface area contributed by atoms with E-state index in [1.807, 2.05) is 0 Å². The maximum Gasteiger partial charge on any atom is 0.0222 e. The molecule has 0 aromatic carbocycles. The van der Waals surface area contributed by atoms with E-state index in [-0.39, 0.29) is 0 Å². The SMILES string of the molecule is [CH]1[CH][CH][C](c2ccn3c2CCCC3)[CH]1. The molecule has 0 amide bonds. The lowest BCUT2D eigenvalue weighted by atomic mass is 9.95. The van der Waals surface area contributed by atoms with E-state index < -0.39 is 0 Å². The van der Waals surface area contributed by atoms with E-state index in [0.29, 0.717) is 0 Å². The molecule has 1 nitrogen and oxygen atoms in total. The fraction of sp³-hybridized carbons (Fsp3) is 0.308. The second-order valence-corrected chi connectivity index (χ2v) is 4.00. The highest BCUT2D eigenvalue weighted by atomic mass is 15.0. The van der Waals surface area contributed by atoms with Crippen LogP contribution >= 0.6 is 0 Å². The first-order valence-electron chi connectivity index (χ1n) is 5.35. The number of rotatable bonds is 1. The third kappa shape index (κ3) is 1.30. The molecule has 0 N–H and O–H groups in total. The van der Waals surface area contributed by atoms with Crippen LogP contribution in [-0.2, 0) is 13.0 Å². The van der Waals surface area contributed by atoms with E-state index in [0.717, 1.165) is 0 Å². The predicted molar refractivity (Wildman–Crippen MR) is 56.9 cm³/mol. The van der Waals surface area contributed by atoms with Crippen LogP contribution in [0.2, 0.25) is 0 Å². The van der Waals surface area contributed by atoms with Gasteiger partial charge in [0.15, 0.2) is 0 Å². The van der Waals surface area contributed by atoms with Gasteiger partial charge >= 0.3 is 0 Å². The Balaban J connectivity index is 1.93. The summed E-state index contributed by atoms with van der Waals surface area (Å²) < 4.78 is 2.41. The number of hydrogen-bond donors (Lipinski definition) is 0. The zero-order valence-electron chi connectivity index (χ0n) is 8.24. The second-order valence-electron chi connectivity index (χ2n) is 4.00. The third-order valence-electron chi connectivity index (χ3n) is 3.12. The molecule has 1 aromatic heterocycles. The van der Waals surface area contributed by atoms with Crippen molar-refractivity contribution in [3.63, 3.8) is 0 Å². The lowest BCUT2D eigenvalue weighted by Crippen LogP contribution is -2.11. The molecule has 1 heteroatoms. The Morgan fingerprint density at radius 2 is 1.93 bits per heavy atom. The summed E-state index contributed by atoms with van der Waals surface area (Å²) in [5, 5.41) is 0. The van der Waals surface area contributed by atoms with Gasteiger partial charge in [0.1, 0.15) is 0 Å². The van der Waals surface area contributed by atoms with Gasteiger partial charge in [-0.15, -0.1) is 0 Å². The van der Waals surface area contributed by atoms with Gasteiger partial charge in [0, 0.05) is 24.4 Å². The van der Waals surface area contributed by atoms with Crippen molar-refractivity contribution in [3.8, 4) is 0 Å². The third-order valence-corrected chi connectivity index (χ3v) is 3.12. The number of nitrogens with zero attached hydrogens (tertiary/aromatic N) is 1. The molecule has 0 spiro atoms. The van der Waals surface area contributed by atoms with Gasteiger partial charge in [-0.3, -0.25) is 0 Å². The molecule has 0 bridgehead atoms. The normalized spacial score (nSPS) is 22.6. The van der Waals surface area contributed by atoms with Crippen LogP contribution in [0.4, 0.5) is 0 Å². The Hall–Kier alpha value is -0.720. The van der Waals surface area contributed by atoms with E-state index in [1.54, 1.807) is 0 Å². The first-order valence-corrected chi connectivity index (χ1v) is 5.35. The van der Waals surface area contributed by atoms with Gasteiger partial charge < -0.3 is 4.57 Å². The average molecular weight is 184 g/mol. The van der Waals surface area contributed by atoms with Crippen molar-refractivity contribution in [1.82, 2.24) is 4.57 Å². The standard InChI is InChI=1S/C13H14N/c1-2-6-11(5-1)12-8-10-14-9-4-3-7-13(12)14/h1-2,5-6,8,10H,3-4,7,9H2. The summed E-state index contributed by atoms with van der Waals surface area (Å²) >= 11 is 0. The zero-order valence-corrected chi connectivity index (χ0v) is 8.24. The summed E-state index contributed by atoms with van der Waals surface area (Å²) in [6.45, 7) is 1.20. The molecular formula is C13H14N. The molecule has 5 radical (unpaired) electrons. The minimum atomic E-state index is 1.20. The fourth-order valence-electron chi connectivity index (χ4n) is 2.38. The largest absolute Gasteiger partial charge is 0.351 e. The van der Waals surface area contributed by atoms with Gasteiger partial charge in [0.05, 0.1) is 0 Å². The summed E-state index contributed by atoms with van der Waals surface area (Å²) in [6.07, 6.45) is 14.8. The quantitative estimate of drug-likeness (QED) is 0.632. The maximum absolute atomic E-state index is 2.41. The van der Waals surface area contributed by atoms with Crippen molar-refractivity contribution in [3.05, 3.63) is 55.1 Å². The van der Waals surface area contributed by atoms with Crippen LogP contribution in [0.25, 0.3) is 0 Å². The molecule has 14 heavy (non-hydrogen) atoms. The average Bonchev–Trinajstić information content (AvgIpc) is 2.85. The Kier molecular flexibility index (Phi) is 2.11. The van der Waals surface area contributed by atoms with Crippen molar-refractivity contribution >= 4 is 0 Å². The number of aromatic nitrogens is 1. The summed E-state index contributed by atoms with van der Waals surface area (Å²) in [4.78, 5) is 0. The molecule has 0 atom stereocenters. The molecule has 71 valence electrons. The monoisotopic (exact) mass is 184 g/mol. The van der Waals surface area contributed by atoms with E-state index in [9.17, 15) is 0 Å². The Morgan fingerprint density at radius 1 is 1.07 bits per heavy atom. The van der Waals surface area contributed by atoms with E-state index in [2.05, 4.69) is 42.5 Å². The Bertz CT molecular complexity index is 318. The number of fused-ring (bicyclic) bond motifs is 1. The highest BCUT2D eigenvalue weighted by molar-refractivity contribution is 5.52. The Labute approximate surface area is 86.1 Å². The topological polar surface area (TPSA) is 4.93 Å². The molecule has 1 saturated carbocycles.